The van der Waals surface area contributed by atoms with Gasteiger partial charge in [0.25, 0.3) is 0 Å². The highest BCUT2D eigenvalue weighted by molar-refractivity contribution is 9.10. The smallest absolute Gasteiger partial charge is 0.322 e. The molecule has 0 aliphatic heterocycles. The number of ether oxygens (including phenoxy) is 1. The van der Waals surface area contributed by atoms with Gasteiger partial charge in [-0.1, -0.05) is 28.1 Å². The van der Waals surface area contributed by atoms with E-state index in [1.165, 1.54) is 0 Å². The molecule has 0 saturated heterocycles. The van der Waals surface area contributed by atoms with E-state index in [0.717, 1.165) is 10.0 Å². The van der Waals surface area contributed by atoms with Crippen molar-refractivity contribution in [3.63, 3.8) is 0 Å². The number of hydrogen-bond donors (Lipinski definition) is 0. The van der Waals surface area contributed by atoms with Crippen molar-refractivity contribution in [2.45, 2.75) is 26.5 Å². The molecule has 1 aromatic carbocycles. The SMILES string of the molecule is CC(C)Oc1nc(Cl)nc(N(C)Cc2ccc(Br)cc2)n1. The van der Waals surface area contributed by atoms with Crippen LogP contribution in [-0.4, -0.2) is 28.1 Å². The van der Waals surface area contributed by atoms with Gasteiger partial charge in [0.05, 0.1) is 6.10 Å². The molecular formula is C14H16BrClN4O. The fourth-order valence-corrected chi connectivity index (χ4v) is 2.10. The Bertz CT molecular complexity index is 606. The second-order valence-corrected chi connectivity index (χ2v) is 6.09. The molecule has 0 unspecified atom stereocenters. The summed E-state index contributed by atoms with van der Waals surface area (Å²) < 4.78 is 6.52. The van der Waals surface area contributed by atoms with Gasteiger partial charge in [0.2, 0.25) is 11.2 Å². The minimum absolute atomic E-state index is 0.0203. The van der Waals surface area contributed by atoms with Crippen molar-refractivity contribution in [3.05, 3.63) is 39.6 Å². The highest BCUT2D eigenvalue weighted by Gasteiger charge is 2.11. The van der Waals surface area contributed by atoms with Gasteiger partial charge in [-0.2, -0.15) is 15.0 Å². The van der Waals surface area contributed by atoms with Crippen molar-refractivity contribution < 1.29 is 4.74 Å². The molecule has 0 aliphatic rings. The average molecular weight is 372 g/mol. The quantitative estimate of drug-likeness (QED) is 0.802. The second kappa shape index (κ2) is 7.04. The maximum absolute atomic E-state index is 5.93. The first kappa shape index (κ1) is 16.0. The Balaban J connectivity index is 2.16. The van der Waals surface area contributed by atoms with Crippen molar-refractivity contribution >= 4 is 33.5 Å². The molecule has 7 heteroatoms. The van der Waals surface area contributed by atoms with Gasteiger partial charge in [-0.15, -0.1) is 0 Å². The third-order valence-electron chi connectivity index (χ3n) is 2.59. The lowest BCUT2D eigenvalue weighted by Crippen LogP contribution is -2.20. The zero-order valence-electron chi connectivity index (χ0n) is 12.0. The monoisotopic (exact) mass is 370 g/mol. The first-order chi connectivity index (χ1) is 9.94. The molecular weight excluding hydrogens is 356 g/mol. The molecule has 0 aliphatic carbocycles. The molecule has 1 aromatic heterocycles. The Kier molecular flexibility index (Phi) is 5.36. The lowest BCUT2D eigenvalue weighted by Gasteiger charge is -2.18. The molecule has 0 N–H and O–H groups in total. The number of nitrogens with zero attached hydrogens (tertiary/aromatic N) is 4. The predicted octanol–water partition coefficient (Wildman–Crippen LogP) is 3.71. The van der Waals surface area contributed by atoms with Crippen LogP contribution < -0.4 is 9.64 Å². The van der Waals surface area contributed by atoms with Crippen LogP contribution in [0.5, 0.6) is 6.01 Å². The first-order valence-corrected chi connectivity index (χ1v) is 7.65. The van der Waals surface area contributed by atoms with Crippen molar-refractivity contribution in [2.75, 3.05) is 11.9 Å². The summed E-state index contributed by atoms with van der Waals surface area (Å²) in [6.07, 6.45) is -0.0203. The van der Waals surface area contributed by atoms with Gasteiger partial charge in [-0.05, 0) is 43.1 Å². The average Bonchev–Trinajstić information content (AvgIpc) is 2.40. The van der Waals surface area contributed by atoms with Gasteiger partial charge < -0.3 is 9.64 Å². The van der Waals surface area contributed by atoms with E-state index in [0.29, 0.717) is 12.5 Å². The summed E-state index contributed by atoms with van der Waals surface area (Å²) in [4.78, 5) is 14.3. The summed E-state index contributed by atoms with van der Waals surface area (Å²) in [6.45, 7) is 4.47. The van der Waals surface area contributed by atoms with Crippen molar-refractivity contribution in [2.24, 2.45) is 0 Å². The predicted molar refractivity (Wildman–Crippen MR) is 86.9 cm³/mol. The van der Waals surface area contributed by atoms with Crippen LogP contribution in [-0.2, 0) is 6.54 Å². The van der Waals surface area contributed by atoms with E-state index in [-0.39, 0.29) is 17.4 Å². The van der Waals surface area contributed by atoms with Gasteiger partial charge >= 0.3 is 6.01 Å². The minimum Gasteiger partial charge on any atom is -0.461 e. The van der Waals surface area contributed by atoms with Crippen LogP contribution in [0.4, 0.5) is 5.95 Å². The molecule has 21 heavy (non-hydrogen) atoms. The van der Waals surface area contributed by atoms with E-state index < -0.39 is 0 Å². The number of rotatable bonds is 5. The van der Waals surface area contributed by atoms with Crippen LogP contribution >= 0.6 is 27.5 Å². The highest BCUT2D eigenvalue weighted by Crippen LogP contribution is 2.18. The second-order valence-electron chi connectivity index (χ2n) is 4.84. The summed E-state index contributed by atoms with van der Waals surface area (Å²) >= 11 is 9.34. The van der Waals surface area contributed by atoms with Crippen molar-refractivity contribution in [1.29, 1.82) is 0 Å². The first-order valence-electron chi connectivity index (χ1n) is 6.48. The molecule has 112 valence electrons. The lowest BCUT2D eigenvalue weighted by atomic mass is 10.2. The van der Waals surface area contributed by atoms with Crippen LogP contribution in [0.2, 0.25) is 5.28 Å². The molecule has 2 aromatic rings. The fraction of sp³-hybridized carbons (Fsp3) is 0.357. The third kappa shape index (κ3) is 4.82. The summed E-state index contributed by atoms with van der Waals surface area (Å²) in [6, 6.07) is 8.31. The molecule has 0 fully saturated rings. The maximum Gasteiger partial charge on any atom is 0.322 e. The zero-order chi connectivity index (χ0) is 15.4. The Labute approximate surface area is 137 Å². The molecule has 0 saturated carbocycles. The van der Waals surface area contributed by atoms with Crippen LogP contribution in [0, 0.1) is 0 Å². The largest absolute Gasteiger partial charge is 0.461 e. The molecule has 0 spiro atoms. The summed E-state index contributed by atoms with van der Waals surface area (Å²) in [5, 5.41) is 0.123. The topological polar surface area (TPSA) is 51.1 Å². The van der Waals surface area contributed by atoms with Crippen LogP contribution in [0.1, 0.15) is 19.4 Å². The van der Waals surface area contributed by atoms with Crippen LogP contribution in [0.3, 0.4) is 0 Å². The van der Waals surface area contributed by atoms with Gasteiger partial charge in [0, 0.05) is 18.1 Å². The summed E-state index contributed by atoms with van der Waals surface area (Å²) in [5.74, 6) is 0.480. The number of halogens is 2. The summed E-state index contributed by atoms with van der Waals surface area (Å²) in [5.41, 5.74) is 1.14. The molecule has 5 nitrogen and oxygen atoms in total. The van der Waals surface area contributed by atoms with Crippen LogP contribution in [0.15, 0.2) is 28.7 Å². The standard InChI is InChI=1S/C14H16BrClN4O/c1-9(2)21-14-18-12(16)17-13(19-14)20(3)8-10-4-6-11(15)7-5-10/h4-7,9H,8H2,1-3H3. The van der Waals surface area contributed by atoms with E-state index in [2.05, 4.69) is 30.9 Å². The van der Waals surface area contributed by atoms with E-state index in [9.17, 15) is 0 Å². The summed E-state index contributed by atoms with van der Waals surface area (Å²) in [7, 11) is 1.90. The molecule has 1 heterocycles. The van der Waals surface area contributed by atoms with Gasteiger partial charge in [0.1, 0.15) is 0 Å². The van der Waals surface area contributed by atoms with E-state index in [1.807, 2.05) is 50.1 Å². The van der Waals surface area contributed by atoms with E-state index in [1.54, 1.807) is 0 Å². The normalized spacial score (nSPS) is 10.8. The molecule has 2 rings (SSSR count). The van der Waals surface area contributed by atoms with Crippen molar-refractivity contribution in [3.8, 4) is 6.01 Å². The molecule has 0 radical (unpaired) electrons. The molecule has 0 atom stereocenters. The van der Waals surface area contributed by atoms with Crippen LogP contribution in [0.25, 0.3) is 0 Å². The number of anilines is 1. The van der Waals surface area contributed by atoms with E-state index >= 15 is 0 Å². The third-order valence-corrected chi connectivity index (χ3v) is 3.29. The van der Waals surface area contributed by atoms with Gasteiger partial charge in [0.15, 0.2) is 0 Å². The number of hydrogen-bond acceptors (Lipinski definition) is 5. The van der Waals surface area contributed by atoms with Crippen molar-refractivity contribution in [1.82, 2.24) is 15.0 Å². The maximum atomic E-state index is 5.93. The zero-order valence-corrected chi connectivity index (χ0v) is 14.4. The van der Waals surface area contributed by atoms with Gasteiger partial charge in [-0.3, -0.25) is 0 Å². The van der Waals surface area contributed by atoms with Gasteiger partial charge in [-0.25, -0.2) is 0 Å². The Morgan fingerprint density at radius 2 is 1.86 bits per heavy atom. The Morgan fingerprint density at radius 3 is 2.48 bits per heavy atom. The Morgan fingerprint density at radius 1 is 1.19 bits per heavy atom. The molecule has 0 bridgehead atoms. The highest BCUT2D eigenvalue weighted by atomic mass is 79.9. The fourth-order valence-electron chi connectivity index (χ4n) is 1.69. The van der Waals surface area contributed by atoms with E-state index in [4.69, 9.17) is 16.3 Å². The lowest BCUT2D eigenvalue weighted by molar-refractivity contribution is 0.221. The Hall–Kier alpha value is -1.40. The minimum atomic E-state index is -0.0203. The number of aromatic nitrogens is 3. The number of benzene rings is 1. The molecule has 0 amide bonds.